The van der Waals surface area contributed by atoms with Gasteiger partial charge in [-0.3, -0.25) is 9.20 Å². The second kappa shape index (κ2) is 16.4. The first-order valence-corrected chi connectivity index (χ1v) is 19.5. The largest absolute Gasteiger partial charge is 0.444 e. The fourth-order valence-corrected chi connectivity index (χ4v) is 7.83. The van der Waals surface area contributed by atoms with Gasteiger partial charge in [0, 0.05) is 80.0 Å². The molecule has 0 saturated carbocycles. The van der Waals surface area contributed by atoms with Crippen LogP contribution in [0.1, 0.15) is 62.9 Å². The fraction of sp³-hybridized carbons (Fsp3) is 0.429. The molecular formula is C42H50F2N9O4+. The highest BCUT2D eigenvalue weighted by Gasteiger charge is 2.37. The van der Waals surface area contributed by atoms with E-state index in [1.54, 1.807) is 22.9 Å². The van der Waals surface area contributed by atoms with Crippen molar-refractivity contribution in [1.29, 1.82) is 0 Å². The quantitative estimate of drug-likeness (QED) is 0.131. The van der Waals surface area contributed by atoms with Gasteiger partial charge in [0.25, 0.3) is 5.91 Å². The smallest absolute Gasteiger partial charge is 0.410 e. The van der Waals surface area contributed by atoms with Gasteiger partial charge < -0.3 is 29.5 Å². The normalized spacial score (nSPS) is 19.7. The van der Waals surface area contributed by atoms with Crippen LogP contribution in [0.5, 0.6) is 11.8 Å². The van der Waals surface area contributed by atoms with Crippen molar-refractivity contribution in [2.45, 2.75) is 59.0 Å². The SMILES string of the molecule is CCc1cc(Nc2nccn3c(-c4ccc(Oc5ncccn5)c(F)c4F)cnc23)ccc1C(=O)NCC1CC[N+](C)(CC2CCN(C(=O)OC(C)(C)C)C2)CC1. The van der Waals surface area contributed by atoms with Crippen LogP contribution in [0.4, 0.5) is 25.1 Å². The second-order valence-electron chi connectivity index (χ2n) is 16.3. The number of nitrogens with one attached hydrogen (secondary N) is 2. The molecule has 2 aromatic carbocycles. The third kappa shape index (κ3) is 9.14. The van der Waals surface area contributed by atoms with Crippen LogP contribution in [0.3, 0.4) is 0 Å². The summed E-state index contributed by atoms with van der Waals surface area (Å²) in [6.45, 7) is 12.9. The maximum atomic E-state index is 15.4. The van der Waals surface area contributed by atoms with E-state index in [0.29, 0.717) is 53.2 Å². The lowest BCUT2D eigenvalue weighted by Crippen LogP contribution is -2.53. The number of hydrogen-bond acceptors (Lipinski definition) is 9. The van der Waals surface area contributed by atoms with Gasteiger partial charge in [0.15, 0.2) is 23.0 Å². The number of fused-ring (bicyclic) bond motifs is 1. The van der Waals surface area contributed by atoms with Crippen LogP contribution in [0.15, 0.2) is 67.4 Å². The number of nitrogens with zero attached hydrogens (tertiary/aromatic N) is 7. The Bertz CT molecular complexity index is 2240. The monoisotopic (exact) mass is 782 g/mol. The Labute approximate surface area is 331 Å². The molecule has 15 heteroatoms. The lowest BCUT2D eigenvalue weighted by atomic mass is 9.93. The molecule has 7 rings (SSSR count). The number of hydrogen-bond donors (Lipinski definition) is 2. The van der Waals surface area contributed by atoms with Crippen molar-refractivity contribution in [3.8, 4) is 23.0 Å². The van der Waals surface area contributed by atoms with Crippen molar-refractivity contribution < 1.29 is 32.3 Å². The van der Waals surface area contributed by atoms with E-state index in [2.05, 4.69) is 37.6 Å². The molecule has 5 aromatic rings. The molecule has 2 fully saturated rings. The van der Waals surface area contributed by atoms with Gasteiger partial charge >= 0.3 is 12.1 Å². The average molecular weight is 783 g/mol. The zero-order valence-corrected chi connectivity index (χ0v) is 33.1. The van der Waals surface area contributed by atoms with Crippen LogP contribution in [0, 0.1) is 23.5 Å². The number of halogens is 2. The molecule has 0 spiro atoms. The number of likely N-dealkylation sites (tertiary alicyclic amines) is 2. The summed E-state index contributed by atoms with van der Waals surface area (Å²) in [5.74, 6) is -1.46. The molecule has 2 amide bonds. The van der Waals surface area contributed by atoms with Crippen LogP contribution in [0.25, 0.3) is 16.9 Å². The first-order valence-electron chi connectivity index (χ1n) is 19.5. The summed E-state index contributed by atoms with van der Waals surface area (Å²) in [6.07, 6.45) is 11.0. The number of anilines is 2. The van der Waals surface area contributed by atoms with E-state index in [1.165, 1.54) is 30.7 Å². The van der Waals surface area contributed by atoms with Gasteiger partial charge in [0.2, 0.25) is 5.82 Å². The van der Waals surface area contributed by atoms with Crippen molar-refractivity contribution in [2.75, 3.05) is 51.6 Å². The first kappa shape index (κ1) is 39.5. The standard InChI is InChI=1S/C42H49F2N9O4/c1-6-29-22-30(50-37-38-48-24-33(52(38)19-17-45-37)32-10-11-34(36(44)35(32)43)56-40-46-15-7-16-47-40)8-9-31(29)39(54)49-23-27-13-20-53(5,21-14-27)26-28-12-18-51(25-28)41(55)57-42(2,3)4/h7-11,15-17,19,22,24,27-28H,6,12-14,18,20-21,23,25-26H2,1-5H3,(H-,45,49,50,54)/p+1. The number of benzene rings is 2. The molecule has 1 unspecified atom stereocenters. The number of carbonyl (C=O) groups excluding carboxylic acids is 2. The minimum Gasteiger partial charge on any atom is -0.444 e. The molecule has 300 valence electrons. The number of imidazole rings is 1. The molecular weight excluding hydrogens is 733 g/mol. The summed E-state index contributed by atoms with van der Waals surface area (Å²) in [7, 11) is 2.31. The molecule has 0 radical (unpaired) electrons. The number of quaternary nitrogens is 1. The first-order chi connectivity index (χ1) is 27.3. The molecule has 2 aliphatic heterocycles. The van der Waals surface area contributed by atoms with Gasteiger partial charge in [-0.25, -0.2) is 29.1 Å². The maximum absolute atomic E-state index is 15.4. The van der Waals surface area contributed by atoms with Gasteiger partial charge in [-0.2, -0.15) is 4.39 Å². The number of piperidine rings is 1. The Kier molecular flexibility index (Phi) is 11.4. The van der Waals surface area contributed by atoms with Crippen molar-refractivity contribution in [1.82, 2.24) is 34.6 Å². The summed E-state index contributed by atoms with van der Waals surface area (Å²) in [4.78, 5) is 44.6. The number of amides is 2. The number of aromatic nitrogens is 5. The van der Waals surface area contributed by atoms with Crippen LogP contribution in [-0.2, 0) is 11.2 Å². The molecule has 13 nitrogen and oxygen atoms in total. The fourth-order valence-electron chi connectivity index (χ4n) is 7.83. The number of rotatable bonds is 11. The summed E-state index contributed by atoms with van der Waals surface area (Å²) in [5, 5.41) is 6.49. The minimum absolute atomic E-state index is 0.0132. The van der Waals surface area contributed by atoms with Gasteiger partial charge in [-0.05, 0) is 81.5 Å². The molecule has 57 heavy (non-hydrogen) atoms. The van der Waals surface area contributed by atoms with E-state index in [-0.39, 0.29) is 29.3 Å². The summed E-state index contributed by atoms with van der Waals surface area (Å²) in [5.41, 5.74) is 2.41. The zero-order chi connectivity index (χ0) is 40.3. The van der Waals surface area contributed by atoms with Crippen molar-refractivity contribution in [2.24, 2.45) is 11.8 Å². The highest BCUT2D eigenvalue weighted by atomic mass is 19.2. The van der Waals surface area contributed by atoms with E-state index in [4.69, 9.17) is 9.47 Å². The predicted molar refractivity (Wildman–Crippen MR) is 211 cm³/mol. The van der Waals surface area contributed by atoms with Gasteiger partial charge in [-0.15, -0.1) is 0 Å². The van der Waals surface area contributed by atoms with Crippen LogP contribution >= 0.6 is 0 Å². The average Bonchev–Trinajstić information content (AvgIpc) is 3.84. The Hall–Kier alpha value is -5.70. The molecule has 0 aliphatic carbocycles. The van der Waals surface area contributed by atoms with Gasteiger partial charge in [0.1, 0.15) is 5.60 Å². The molecule has 2 N–H and O–H groups in total. The van der Waals surface area contributed by atoms with Crippen molar-refractivity contribution in [3.63, 3.8) is 0 Å². The Morgan fingerprint density at radius 2 is 1.74 bits per heavy atom. The third-order valence-electron chi connectivity index (χ3n) is 10.8. The third-order valence-corrected chi connectivity index (χ3v) is 10.8. The van der Waals surface area contributed by atoms with E-state index in [1.807, 2.05) is 50.8 Å². The highest BCUT2D eigenvalue weighted by Crippen LogP contribution is 2.33. The second-order valence-corrected chi connectivity index (χ2v) is 16.3. The minimum atomic E-state index is -1.18. The lowest BCUT2D eigenvalue weighted by Gasteiger charge is -2.42. The van der Waals surface area contributed by atoms with Gasteiger partial charge in [0.05, 0.1) is 38.6 Å². The predicted octanol–water partition coefficient (Wildman–Crippen LogP) is 7.41. The van der Waals surface area contributed by atoms with Crippen molar-refractivity contribution >= 4 is 29.2 Å². The molecule has 1 atom stereocenters. The zero-order valence-electron chi connectivity index (χ0n) is 33.1. The van der Waals surface area contributed by atoms with E-state index < -0.39 is 17.2 Å². The molecule has 3 aromatic heterocycles. The number of aryl methyl sites for hydroxylation is 1. The molecule has 2 saturated heterocycles. The lowest BCUT2D eigenvalue weighted by molar-refractivity contribution is -0.918. The van der Waals surface area contributed by atoms with Crippen LogP contribution in [0.2, 0.25) is 0 Å². The van der Waals surface area contributed by atoms with Crippen molar-refractivity contribution in [3.05, 3.63) is 90.1 Å². The Morgan fingerprint density at radius 3 is 2.47 bits per heavy atom. The van der Waals surface area contributed by atoms with Gasteiger partial charge in [-0.1, -0.05) is 6.92 Å². The van der Waals surface area contributed by atoms with E-state index >= 15 is 8.78 Å². The van der Waals surface area contributed by atoms with Crippen LogP contribution < -0.4 is 15.4 Å². The molecule has 2 aliphatic rings. The Morgan fingerprint density at radius 1 is 0.965 bits per heavy atom. The van der Waals surface area contributed by atoms with E-state index in [9.17, 15) is 9.59 Å². The maximum Gasteiger partial charge on any atom is 0.410 e. The Balaban J connectivity index is 0.945. The molecule has 5 heterocycles. The van der Waals surface area contributed by atoms with Crippen LogP contribution in [-0.4, -0.2) is 97.6 Å². The highest BCUT2D eigenvalue weighted by molar-refractivity contribution is 5.96. The summed E-state index contributed by atoms with van der Waals surface area (Å²) >= 11 is 0. The number of carbonyl (C=O) groups is 2. The molecule has 0 bridgehead atoms. The topological polar surface area (TPSA) is 136 Å². The number of ether oxygens (including phenoxy) is 2. The van der Waals surface area contributed by atoms with E-state index in [0.717, 1.165) is 62.0 Å². The summed E-state index contributed by atoms with van der Waals surface area (Å²) < 4.78 is 44.0. The summed E-state index contributed by atoms with van der Waals surface area (Å²) in [6, 6.07) is 9.77.